The quantitative estimate of drug-likeness (QED) is 0.734. The van der Waals surface area contributed by atoms with Crippen molar-refractivity contribution in [1.82, 2.24) is 4.90 Å². The number of methoxy groups -OCH3 is 1. The molecule has 0 saturated carbocycles. The van der Waals surface area contributed by atoms with Gasteiger partial charge in [-0.1, -0.05) is 0 Å². The Hall–Kier alpha value is -2.31. The van der Waals surface area contributed by atoms with E-state index in [0.717, 1.165) is 62.6 Å². The van der Waals surface area contributed by atoms with E-state index in [2.05, 4.69) is 4.90 Å². The van der Waals surface area contributed by atoms with Crippen molar-refractivity contribution in [3.05, 3.63) is 47.9 Å². The topological polar surface area (TPSA) is 55.2 Å². The molecule has 0 radical (unpaired) electrons. The summed E-state index contributed by atoms with van der Waals surface area (Å²) in [4.78, 5) is 17.3. The van der Waals surface area contributed by atoms with Crippen LogP contribution in [0.15, 0.2) is 41.0 Å². The number of fused-ring (bicyclic) bond motifs is 1. The van der Waals surface area contributed by atoms with Crippen molar-refractivity contribution in [3.8, 4) is 5.75 Å². The molecule has 0 spiro atoms. The standard InChI is InChI=1S/C22H28N2O4/c1-26-18-8-9-21-17(13-18)5-2-10-24(21)22(25)16-23(14-19-6-3-11-27-19)15-20-7-4-12-28-20/h3,6,8-9,11,13,20H,2,4-5,7,10,12,14-16H2,1H3. The van der Waals surface area contributed by atoms with Crippen molar-refractivity contribution >= 4 is 11.6 Å². The molecule has 0 N–H and O–H groups in total. The summed E-state index contributed by atoms with van der Waals surface area (Å²) < 4.78 is 16.7. The number of aryl methyl sites for hydroxylation is 1. The number of rotatable bonds is 7. The molecular weight excluding hydrogens is 356 g/mol. The molecule has 150 valence electrons. The van der Waals surface area contributed by atoms with Gasteiger partial charge in [0, 0.05) is 25.4 Å². The molecule has 28 heavy (non-hydrogen) atoms. The number of ether oxygens (including phenoxy) is 2. The van der Waals surface area contributed by atoms with Gasteiger partial charge in [0.25, 0.3) is 0 Å². The number of hydrogen-bond donors (Lipinski definition) is 0. The maximum atomic E-state index is 13.2. The lowest BCUT2D eigenvalue weighted by molar-refractivity contribution is -0.120. The molecule has 1 fully saturated rings. The fraction of sp³-hybridized carbons (Fsp3) is 0.500. The maximum absolute atomic E-state index is 13.2. The summed E-state index contributed by atoms with van der Waals surface area (Å²) in [6.45, 7) is 3.28. The lowest BCUT2D eigenvalue weighted by atomic mass is 10.0. The zero-order valence-electron chi connectivity index (χ0n) is 16.4. The molecule has 2 aliphatic rings. The Morgan fingerprint density at radius 1 is 1.32 bits per heavy atom. The molecule has 1 saturated heterocycles. The van der Waals surface area contributed by atoms with E-state index in [1.807, 2.05) is 35.2 Å². The lowest BCUT2D eigenvalue weighted by Gasteiger charge is -2.32. The van der Waals surface area contributed by atoms with Crippen LogP contribution in [0.25, 0.3) is 0 Å². The number of benzene rings is 1. The van der Waals surface area contributed by atoms with Crippen molar-refractivity contribution in [2.75, 3.05) is 38.3 Å². The maximum Gasteiger partial charge on any atom is 0.241 e. The number of anilines is 1. The van der Waals surface area contributed by atoms with Gasteiger partial charge >= 0.3 is 0 Å². The molecule has 1 aromatic heterocycles. The van der Waals surface area contributed by atoms with Crippen LogP contribution < -0.4 is 9.64 Å². The molecule has 0 aliphatic carbocycles. The minimum absolute atomic E-state index is 0.121. The van der Waals surface area contributed by atoms with Gasteiger partial charge in [-0.15, -0.1) is 0 Å². The smallest absolute Gasteiger partial charge is 0.241 e. The Balaban J connectivity index is 1.47. The van der Waals surface area contributed by atoms with Crippen molar-refractivity contribution in [2.45, 2.75) is 38.3 Å². The fourth-order valence-corrected chi connectivity index (χ4v) is 4.12. The van der Waals surface area contributed by atoms with Crippen LogP contribution in [-0.2, 0) is 22.5 Å². The first-order chi connectivity index (χ1) is 13.7. The molecule has 2 aromatic rings. The summed E-state index contributed by atoms with van der Waals surface area (Å²) in [5, 5.41) is 0. The molecule has 1 unspecified atom stereocenters. The van der Waals surface area contributed by atoms with Crippen molar-refractivity contribution in [2.24, 2.45) is 0 Å². The van der Waals surface area contributed by atoms with Crippen LogP contribution >= 0.6 is 0 Å². The molecule has 3 heterocycles. The van der Waals surface area contributed by atoms with Crippen molar-refractivity contribution in [3.63, 3.8) is 0 Å². The third-order valence-corrected chi connectivity index (χ3v) is 5.51. The van der Waals surface area contributed by atoms with Crippen LogP contribution in [0.2, 0.25) is 0 Å². The van der Waals surface area contributed by atoms with Gasteiger partial charge in [-0.25, -0.2) is 0 Å². The van der Waals surface area contributed by atoms with Crippen molar-refractivity contribution in [1.29, 1.82) is 0 Å². The Morgan fingerprint density at radius 2 is 2.25 bits per heavy atom. The van der Waals surface area contributed by atoms with E-state index in [-0.39, 0.29) is 12.0 Å². The van der Waals surface area contributed by atoms with Crippen LogP contribution in [0.5, 0.6) is 5.75 Å². The Kier molecular flexibility index (Phi) is 5.98. The summed E-state index contributed by atoms with van der Waals surface area (Å²) in [7, 11) is 1.67. The van der Waals surface area contributed by atoms with E-state index in [4.69, 9.17) is 13.9 Å². The zero-order valence-corrected chi connectivity index (χ0v) is 16.4. The van der Waals surface area contributed by atoms with E-state index in [1.165, 1.54) is 5.56 Å². The van der Waals surface area contributed by atoms with E-state index in [1.54, 1.807) is 13.4 Å². The largest absolute Gasteiger partial charge is 0.497 e. The Morgan fingerprint density at radius 3 is 3.00 bits per heavy atom. The first-order valence-corrected chi connectivity index (χ1v) is 10.1. The normalized spacial score (nSPS) is 19.1. The second-order valence-corrected chi connectivity index (χ2v) is 7.53. The molecule has 1 aromatic carbocycles. The van der Waals surface area contributed by atoms with Crippen LogP contribution in [0.3, 0.4) is 0 Å². The molecule has 2 aliphatic heterocycles. The number of carbonyl (C=O) groups is 1. The first kappa shape index (κ1) is 19.0. The third kappa shape index (κ3) is 4.39. The Labute approximate surface area is 166 Å². The molecule has 1 atom stereocenters. The monoisotopic (exact) mass is 384 g/mol. The fourth-order valence-electron chi connectivity index (χ4n) is 4.12. The van der Waals surface area contributed by atoms with Gasteiger partial charge in [-0.3, -0.25) is 9.69 Å². The van der Waals surface area contributed by atoms with E-state index >= 15 is 0 Å². The predicted octanol–water partition coefficient (Wildman–Crippen LogP) is 3.25. The highest BCUT2D eigenvalue weighted by Crippen LogP contribution is 2.30. The second-order valence-electron chi connectivity index (χ2n) is 7.53. The minimum atomic E-state index is 0.121. The van der Waals surface area contributed by atoms with Gasteiger partial charge < -0.3 is 18.8 Å². The van der Waals surface area contributed by atoms with E-state index in [0.29, 0.717) is 13.1 Å². The van der Waals surface area contributed by atoms with Crippen LogP contribution in [0.4, 0.5) is 5.69 Å². The highest BCUT2D eigenvalue weighted by atomic mass is 16.5. The van der Waals surface area contributed by atoms with E-state index < -0.39 is 0 Å². The van der Waals surface area contributed by atoms with Crippen LogP contribution in [-0.4, -0.2) is 50.3 Å². The number of hydrogen-bond acceptors (Lipinski definition) is 5. The first-order valence-electron chi connectivity index (χ1n) is 10.1. The predicted molar refractivity (Wildman–Crippen MR) is 107 cm³/mol. The molecule has 1 amide bonds. The van der Waals surface area contributed by atoms with Crippen LogP contribution in [0.1, 0.15) is 30.6 Å². The minimum Gasteiger partial charge on any atom is -0.497 e. The number of amides is 1. The summed E-state index contributed by atoms with van der Waals surface area (Å²) >= 11 is 0. The van der Waals surface area contributed by atoms with Crippen molar-refractivity contribution < 1.29 is 18.7 Å². The van der Waals surface area contributed by atoms with E-state index in [9.17, 15) is 4.79 Å². The van der Waals surface area contributed by atoms with Gasteiger partial charge in [0.2, 0.25) is 5.91 Å². The number of furan rings is 1. The number of carbonyl (C=O) groups excluding carboxylic acids is 1. The highest BCUT2D eigenvalue weighted by Gasteiger charge is 2.27. The SMILES string of the molecule is COc1ccc2c(c1)CCCN2C(=O)CN(Cc1ccco1)CC1CCCO1. The third-order valence-electron chi connectivity index (χ3n) is 5.51. The van der Waals surface area contributed by atoms with Gasteiger partial charge in [-0.2, -0.15) is 0 Å². The molecule has 6 heteroatoms. The summed E-state index contributed by atoms with van der Waals surface area (Å²) in [5.74, 6) is 1.83. The average molecular weight is 384 g/mol. The average Bonchev–Trinajstić information content (AvgIpc) is 3.41. The molecular formula is C22H28N2O4. The van der Waals surface area contributed by atoms with Gasteiger partial charge in [0.15, 0.2) is 0 Å². The van der Waals surface area contributed by atoms with Gasteiger partial charge in [0.05, 0.1) is 32.6 Å². The van der Waals surface area contributed by atoms with Crippen LogP contribution in [0, 0.1) is 0 Å². The molecule has 4 rings (SSSR count). The summed E-state index contributed by atoms with van der Waals surface area (Å²) in [5.41, 5.74) is 2.18. The zero-order chi connectivity index (χ0) is 19.3. The molecule has 6 nitrogen and oxygen atoms in total. The highest BCUT2D eigenvalue weighted by molar-refractivity contribution is 5.96. The van der Waals surface area contributed by atoms with Gasteiger partial charge in [0.1, 0.15) is 11.5 Å². The van der Waals surface area contributed by atoms with Gasteiger partial charge in [-0.05, 0) is 61.6 Å². The summed E-state index contributed by atoms with van der Waals surface area (Å²) in [6.07, 6.45) is 5.96. The molecule has 0 bridgehead atoms. The number of nitrogens with zero attached hydrogens (tertiary/aromatic N) is 2. The lowest BCUT2D eigenvalue weighted by Crippen LogP contribution is -2.44. The Bertz CT molecular complexity index is 784. The second kappa shape index (κ2) is 8.80. The summed E-state index contributed by atoms with van der Waals surface area (Å²) in [6, 6.07) is 9.81.